The lowest BCUT2D eigenvalue weighted by Crippen LogP contribution is -2.40. The molecule has 2 fully saturated rings. The summed E-state index contributed by atoms with van der Waals surface area (Å²) in [6.07, 6.45) is 6.92. The Morgan fingerprint density at radius 3 is 2.09 bits per heavy atom. The van der Waals surface area contributed by atoms with Gasteiger partial charge in [-0.15, -0.1) is 11.8 Å². The average molecular weight is 342 g/mol. The number of hydrogen-bond donors (Lipinski definition) is 1. The summed E-state index contributed by atoms with van der Waals surface area (Å²) in [6, 6.07) is 0. The highest BCUT2D eigenvalue weighted by atomic mass is 32.2. The molecule has 2 aliphatic heterocycles. The van der Waals surface area contributed by atoms with Crippen LogP contribution in [0.25, 0.3) is 0 Å². The van der Waals surface area contributed by atoms with E-state index < -0.39 is 0 Å². The number of rotatable bonds is 7. The quantitative estimate of drug-likeness (QED) is 0.764. The molecule has 2 rings (SSSR count). The Morgan fingerprint density at radius 2 is 1.52 bits per heavy atom. The third kappa shape index (κ3) is 6.34. The lowest BCUT2D eigenvalue weighted by Gasteiger charge is -2.32. The first-order valence-corrected chi connectivity index (χ1v) is 10.1. The standard InChI is InChI=1S/C17H31N3O2S/c1-18-8-5-15-6-11-20(12-7-15)17(22)14-23-13-16(21)19-9-3-2-4-10-19/h15,18H,2-14H2,1H3. The summed E-state index contributed by atoms with van der Waals surface area (Å²) >= 11 is 1.48. The maximum Gasteiger partial charge on any atom is 0.232 e. The van der Waals surface area contributed by atoms with Gasteiger partial charge in [-0.3, -0.25) is 9.59 Å². The van der Waals surface area contributed by atoms with Gasteiger partial charge < -0.3 is 15.1 Å². The summed E-state index contributed by atoms with van der Waals surface area (Å²) in [5.74, 6) is 2.05. The van der Waals surface area contributed by atoms with Gasteiger partial charge in [0.15, 0.2) is 0 Å². The van der Waals surface area contributed by atoms with Gasteiger partial charge in [-0.25, -0.2) is 0 Å². The summed E-state index contributed by atoms with van der Waals surface area (Å²) in [6.45, 7) is 4.62. The molecule has 0 atom stereocenters. The molecule has 23 heavy (non-hydrogen) atoms. The van der Waals surface area contributed by atoms with Crippen molar-refractivity contribution in [2.75, 3.05) is 51.3 Å². The number of amides is 2. The summed E-state index contributed by atoms with van der Waals surface area (Å²) < 4.78 is 0. The molecule has 132 valence electrons. The Hall–Kier alpha value is -0.750. The van der Waals surface area contributed by atoms with E-state index in [0.717, 1.165) is 64.3 Å². The highest BCUT2D eigenvalue weighted by Crippen LogP contribution is 2.21. The monoisotopic (exact) mass is 341 g/mol. The van der Waals surface area contributed by atoms with Crippen LogP contribution in [0.15, 0.2) is 0 Å². The van der Waals surface area contributed by atoms with Crippen molar-refractivity contribution in [2.45, 2.75) is 38.5 Å². The molecule has 2 aliphatic rings. The Kier molecular flexibility index (Phi) is 8.23. The van der Waals surface area contributed by atoms with Crippen molar-refractivity contribution in [1.29, 1.82) is 0 Å². The van der Waals surface area contributed by atoms with Crippen LogP contribution in [-0.4, -0.2) is 72.9 Å². The highest BCUT2D eigenvalue weighted by molar-refractivity contribution is 8.00. The second kappa shape index (κ2) is 10.2. The minimum atomic E-state index is 0.202. The molecular formula is C17H31N3O2S. The van der Waals surface area contributed by atoms with Gasteiger partial charge in [-0.05, 0) is 58.0 Å². The maximum atomic E-state index is 12.2. The van der Waals surface area contributed by atoms with Gasteiger partial charge in [0, 0.05) is 26.2 Å². The molecule has 0 saturated carbocycles. The lowest BCUT2D eigenvalue weighted by molar-refractivity contribution is -0.129. The molecule has 0 aromatic heterocycles. The Labute approximate surface area is 144 Å². The van der Waals surface area contributed by atoms with E-state index >= 15 is 0 Å². The first-order valence-electron chi connectivity index (χ1n) is 8.98. The fourth-order valence-corrected chi connectivity index (χ4v) is 4.19. The molecule has 1 N–H and O–H groups in total. The summed E-state index contributed by atoms with van der Waals surface area (Å²) in [5, 5.41) is 3.19. The van der Waals surface area contributed by atoms with E-state index in [2.05, 4.69) is 5.32 Å². The molecule has 2 saturated heterocycles. The number of hydrogen-bond acceptors (Lipinski definition) is 4. The van der Waals surface area contributed by atoms with Crippen LogP contribution in [0, 0.1) is 5.92 Å². The molecule has 0 radical (unpaired) electrons. The van der Waals surface area contributed by atoms with Gasteiger partial charge in [0.1, 0.15) is 0 Å². The van der Waals surface area contributed by atoms with Crippen LogP contribution in [-0.2, 0) is 9.59 Å². The van der Waals surface area contributed by atoms with Crippen LogP contribution in [0.4, 0.5) is 0 Å². The Morgan fingerprint density at radius 1 is 0.957 bits per heavy atom. The van der Waals surface area contributed by atoms with Crippen LogP contribution in [0.3, 0.4) is 0 Å². The zero-order chi connectivity index (χ0) is 16.5. The number of likely N-dealkylation sites (tertiary alicyclic amines) is 2. The third-order valence-corrected chi connectivity index (χ3v) is 5.83. The molecule has 5 nitrogen and oxygen atoms in total. The normalized spacial score (nSPS) is 19.9. The topological polar surface area (TPSA) is 52.7 Å². The van der Waals surface area contributed by atoms with E-state index in [0.29, 0.717) is 11.5 Å². The molecule has 2 amide bonds. The Balaban J connectivity index is 1.59. The molecule has 0 aromatic carbocycles. The predicted molar refractivity (Wildman–Crippen MR) is 95.6 cm³/mol. The zero-order valence-corrected chi connectivity index (χ0v) is 15.2. The Bertz CT molecular complexity index is 378. The van der Waals surface area contributed by atoms with Crippen LogP contribution in [0.1, 0.15) is 38.5 Å². The fraction of sp³-hybridized carbons (Fsp3) is 0.882. The maximum absolute atomic E-state index is 12.2. The van der Waals surface area contributed by atoms with E-state index in [9.17, 15) is 9.59 Å². The van der Waals surface area contributed by atoms with Crippen LogP contribution in [0.2, 0.25) is 0 Å². The highest BCUT2D eigenvalue weighted by Gasteiger charge is 2.23. The smallest absolute Gasteiger partial charge is 0.232 e. The summed E-state index contributed by atoms with van der Waals surface area (Å²) in [4.78, 5) is 28.3. The molecule has 0 aliphatic carbocycles. The molecule has 0 aromatic rings. The van der Waals surface area contributed by atoms with E-state index in [4.69, 9.17) is 0 Å². The second-order valence-electron chi connectivity index (χ2n) is 6.65. The predicted octanol–water partition coefficient (Wildman–Crippen LogP) is 1.58. The van der Waals surface area contributed by atoms with Crippen LogP contribution < -0.4 is 5.32 Å². The van der Waals surface area contributed by atoms with Crippen molar-refractivity contribution in [1.82, 2.24) is 15.1 Å². The van der Waals surface area contributed by atoms with Crippen LogP contribution in [0.5, 0.6) is 0 Å². The van der Waals surface area contributed by atoms with Crippen molar-refractivity contribution < 1.29 is 9.59 Å². The molecule has 6 heteroatoms. The number of nitrogens with one attached hydrogen (secondary N) is 1. The van der Waals surface area contributed by atoms with E-state index in [1.807, 2.05) is 16.8 Å². The number of carbonyl (C=O) groups excluding carboxylic acids is 2. The summed E-state index contributed by atoms with van der Waals surface area (Å²) in [7, 11) is 1.99. The van der Waals surface area contributed by atoms with Gasteiger partial charge in [0.25, 0.3) is 0 Å². The van der Waals surface area contributed by atoms with Crippen LogP contribution >= 0.6 is 11.8 Å². The largest absolute Gasteiger partial charge is 0.342 e. The minimum absolute atomic E-state index is 0.202. The lowest BCUT2D eigenvalue weighted by atomic mass is 9.93. The molecule has 0 bridgehead atoms. The number of nitrogens with zero attached hydrogens (tertiary/aromatic N) is 2. The van der Waals surface area contributed by atoms with Gasteiger partial charge in [0.2, 0.25) is 11.8 Å². The zero-order valence-electron chi connectivity index (χ0n) is 14.4. The van der Waals surface area contributed by atoms with Crippen molar-refractivity contribution in [2.24, 2.45) is 5.92 Å². The SMILES string of the molecule is CNCCC1CCN(C(=O)CSCC(=O)N2CCCCC2)CC1. The van der Waals surface area contributed by atoms with Crippen molar-refractivity contribution in [3.05, 3.63) is 0 Å². The first kappa shape index (κ1) is 18.6. The minimum Gasteiger partial charge on any atom is -0.342 e. The number of thioether (sulfide) groups is 1. The third-order valence-electron chi connectivity index (χ3n) is 4.93. The van der Waals surface area contributed by atoms with Crippen molar-refractivity contribution in [3.63, 3.8) is 0 Å². The van der Waals surface area contributed by atoms with Gasteiger partial charge in [0.05, 0.1) is 11.5 Å². The molecule has 0 unspecified atom stereocenters. The van der Waals surface area contributed by atoms with Crippen molar-refractivity contribution >= 4 is 23.6 Å². The molecule has 2 heterocycles. The summed E-state index contributed by atoms with van der Waals surface area (Å²) in [5.41, 5.74) is 0. The molecular weight excluding hydrogens is 310 g/mol. The second-order valence-corrected chi connectivity index (χ2v) is 7.64. The van der Waals surface area contributed by atoms with Gasteiger partial charge in [-0.2, -0.15) is 0 Å². The van der Waals surface area contributed by atoms with Gasteiger partial charge in [-0.1, -0.05) is 0 Å². The number of carbonyl (C=O) groups is 2. The van der Waals surface area contributed by atoms with E-state index in [-0.39, 0.29) is 11.8 Å². The molecule has 0 spiro atoms. The first-order chi connectivity index (χ1) is 11.2. The average Bonchev–Trinajstić information content (AvgIpc) is 2.61. The van der Waals surface area contributed by atoms with E-state index in [1.54, 1.807) is 0 Å². The fourth-order valence-electron chi connectivity index (χ4n) is 3.37. The van der Waals surface area contributed by atoms with E-state index in [1.165, 1.54) is 24.6 Å². The number of piperidine rings is 2. The van der Waals surface area contributed by atoms with Gasteiger partial charge >= 0.3 is 0 Å². The van der Waals surface area contributed by atoms with Crippen molar-refractivity contribution in [3.8, 4) is 0 Å².